The molecule has 3 aromatic rings. The molecule has 1 aromatic heterocycles. The predicted octanol–water partition coefficient (Wildman–Crippen LogP) is 1.87. The van der Waals surface area contributed by atoms with E-state index in [4.69, 9.17) is 0 Å². The van der Waals surface area contributed by atoms with Crippen molar-refractivity contribution in [2.75, 3.05) is 0 Å². The van der Waals surface area contributed by atoms with Crippen LogP contribution < -0.4 is 5.56 Å². The largest absolute Gasteiger partial charge is 0.295 e. The van der Waals surface area contributed by atoms with Crippen molar-refractivity contribution < 1.29 is 13.0 Å². The van der Waals surface area contributed by atoms with Crippen molar-refractivity contribution in [2.24, 2.45) is 0 Å². The van der Waals surface area contributed by atoms with Crippen molar-refractivity contribution >= 4 is 20.9 Å². The van der Waals surface area contributed by atoms with Gasteiger partial charge in [-0.3, -0.25) is 14.4 Å². The number of fused-ring (bicyclic) bond motifs is 1. The van der Waals surface area contributed by atoms with Gasteiger partial charge < -0.3 is 0 Å². The van der Waals surface area contributed by atoms with Crippen LogP contribution in [-0.2, 0) is 10.1 Å². The quantitative estimate of drug-likeness (QED) is 0.707. The number of aryl methyl sites for hydroxylation is 1. The highest BCUT2D eigenvalue weighted by atomic mass is 32.2. The fourth-order valence-corrected chi connectivity index (χ4v) is 3.06. The number of benzene rings is 2. The van der Waals surface area contributed by atoms with Crippen LogP contribution in [0.1, 0.15) is 5.69 Å². The van der Waals surface area contributed by atoms with Crippen LogP contribution in [0.5, 0.6) is 0 Å². The van der Waals surface area contributed by atoms with Crippen LogP contribution in [0.4, 0.5) is 0 Å². The van der Waals surface area contributed by atoms with E-state index in [2.05, 4.69) is 5.10 Å². The van der Waals surface area contributed by atoms with Crippen molar-refractivity contribution in [1.29, 1.82) is 0 Å². The molecular weight excluding hydrogens is 292 g/mol. The summed E-state index contributed by atoms with van der Waals surface area (Å²) in [7, 11) is -4.33. The molecule has 6 nitrogen and oxygen atoms in total. The Morgan fingerprint density at radius 2 is 1.76 bits per heavy atom. The molecule has 0 bridgehead atoms. The second-order valence-electron chi connectivity index (χ2n) is 4.72. The first-order valence-electron chi connectivity index (χ1n) is 6.16. The van der Waals surface area contributed by atoms with E-state index in [0.29, 0.717) is 22.2 Å². The van der Waals surface area contributed by atoms with Crippen LogP contribution in [0.15, 0.2) is 52.2 Å². The second-order valence-corrected chi connectivity index (χ2v) is 6.11. The van der Waals surface area contributed by atoms with Crippen LogP contribution >= 0.6 is 0 Å². The molecule has 108 valence electrons. The maximum absolute atomic E-state index is 11.9. The molecule has 0 atom stereocenters. The first kappa shape index (κ1) is 13.6. The number of nitrogens with one attached hydrogen (secondary N) is 1. The summed E-state index contributed by atoms with van der Waals surface area (Å²) in [6, 6.07) is 10.9. The molecule has 0 aliphatic heterocycles. The van der Waals surface area contributed by atoms with E-state index in [1.807, 2.05) is 0 Å². The zero-order chi connectivity index (χ0) is 15.2. The van der Waals surface area contributed by atoms with E-state index in [0.717, 1.165) is 0 Å². The van der Waals surface area contributed by atoms with Crippen molar-refractivity contribution in [1.82, 2.24) is 9.78 Å². The first-order valence-corrected chi connectivity index (χ1v) is 7.60. The van der Waals surface area contributed by atoms with Gasteiger partial charge in [0.1, 0.15) is 4.90 Å². The lowest BCUT2D eigenvalue weighted by Gasteiger charge is -2.09. The Morgan fingerprint density at radius 3 is 2.33 bits per heavy atom. The molecular formula is C14H12N2O4S. The molecule has 0 aliphatic carbocycles. The van der Waals surface area contributed by atoms with Gasteiger partial charge in [0.15, 0.2) is 0 Å². The van der Waals surface area contributed by atoms with Crippen molar-refractivity contribution in [3.8, 4) is 5.69 Å². The Balaban J connectivity index is 2.43. The van der Waals surface area contributed by atoms with Gasteiger partial charge >= 0.3 is 0 Å². The summed E-state index contributed by atoms with van der Waals surface area (Å²) in [5.74, 6) is 0. The Labute approximate surface area is 120 Å². The molecule has 0 fully saturated rings. The first-order chi connectivity index (χ1) is 9.88. The van der Waals surface area contributed by atoms with Gasteiger partial charge in [0.2, 0.25) is 0 Å². The van der Waals surface area contributed by atoms with Gasteiger partial charge in [0.25, 0.3) is 15.7 Å². The molecule has 2 N–H and O–H groups in total. The molecule has 0 saturated carbocycles. The third-order valence-corrected chi connectivity index (χ3v) is 4.14. The van der Waals surface area contributed by atoms with Crippen molar-refractivity contribution in [2.45, 2.75) is 11.8 Å². The van der Waals surface area contributed by atoms with E-state index in [-0.39, 0.29) is 10.5 Å². The minimum atomic E-state index is -4.33. The molecule has 0 spiro atoms. The average molecular weight is 304 g/mol. The summed E-state index contributed by atoms with van der Waals surface area (Å²) in [4.78, 5) is 11.7. The smallest absolute Gasteiger partial charge is 0.295 e. The average Bonchev–Trinajstić information content (AvgIpc) is 2.75. The van der Waals surface area contributed by atoms with E-state index in [1.165, 1.54) is 22.9 Å². The fraction of sp³-hybridized carbons (Fsp3) is 0.0714. The number of aromatic nitrogens is 2. The number of aromatic amines is 1. The second kappa shape index (κ2) is 4.57. The molecule has 0 radical (unpaired) electrons. The number of rotatable bonds is 2. The third kappa shape index (κ3) is 2.26. The number of H-pyrrole nitrogens is 1. The molecule has 1 heterocycles. The Bertz CT molecular complexity index is 999. The normalized spacial score (nSPS) is 11.9. The summed E-state index contributed by atoms with van der Waals surface area (Å²) in [6.07, 6.45) is 0. The highest BCUT2D eigenvalue weighted by Crippen LogP contribution is 2.27. The maximum atomic E-state index is 11.9. The summed E-state index contributed by atoms with van der Waals surface area (Å²) >= 11 is 0. The van der Waals surface area contributed by atoms with Gasteiger partial charge in [0.05, 0.1) is 5.69 Å². The lowest BCUT2D eigenvalue weighted by Crippen LogP contribution is -2.14. The fourth-order valence-electron chi connectivity index (χ4n) is 2.37. The SMILES string of the molecule is Cc1cc(=O)n(-c2ccc(S(=O)(=O)O)c3ccccc23)[nH]1. The standard InChI is InChI=1S/C14H12N2O4S/c1-9-8-14(17)16(15-9)12-6-7-13(21(18,19)20)11-5-3-2-4-10(11)12/h2-8,15H,1H3,(H,18,19,20). The Hall–Kier alpha value is -2.38. The van der Waals surface area contributed by atoms with E-state index in [1.54, 1.807) is 31.2 Å². The molecule has 0 aliphatic rings. The Kier molecular flexibility index (Phi) is 2.96. The minimum absolute atomic E-state index is 0.182. The lowest BCUT2D eigenvalue weighted by atomic mass is 10.1. The monoisotopic (exact) mass is 304 g/mol. The number of hydrogen-bond acceptors (Lipinski definition) is 3. The Morgan fingerprint density at radius 1 is 1.10 bits per heavy atom. The highest BCUT2D eigenvalue weighted by molar-refractivity contribution is 7.86. The van der Waals surface area contributed by atoms with Crippen LogP contribution in [-0.4, -0.2) is 22.8 Å². The zero-order valence-electron chi connectivity index (χ0n) is 11.1. The molecule has 7 heteroatoms. The van der Waals surface area contributed by atoms with Gasteiger partial charge in [-0.2, -0.15) is 8.42 Å². The molecule has 0 saturated heterocycles. The molecule has 21 heavy (non-hydrogen) atoms. The molecule has 0 unspecified atom stereocenters. The van der Waals surface area contributed by atoms with Crippen LogP contribution in [0.2, 0.25) is 0 Å². The summed E-state index contributed by atoms with van der Waals surface area (Å²) in [5.41, 5.74) is 0.983. The van der Waals surface area contributed by atoms with Crippen molar-refractivity contribution in [3.05, 3.63) is 58.5 Å². The topological polar surface area (TPSA) is 92.2 Å². The van der Waals surface area contributed by atoms with Gasteiger partial charge in [-0.25, -0.2) is 4.68 Å². The predicted molar refractivity (Wildman–Crippen MR) is 78.4 cm³/mol. The van der Waals surface area contributed by atoms with E-state index in [9.17, 15) is 17.8 Å². The zero-order valence-corrected chi connectivity index (χ0v) is 11.9. The van der Waals surface area contributed by atoms with Gasteiger partial charge in [-0.15, -0.1) is 0 Å². The van der Waals surface area contributed by atoms with E-state index >= 15 is 0 Å². The van der Waals surface area contributed by atoms with E-state index < -0.39 is 10.1 Å². The maximum Gasteiger partial charge on any atom is 0.295 e. The third-order valence-electron chi connectivity index (χ3n) is 3.23. The molecule has 2 aromatic carbocycles. The van der Waals surface area contributed by atoms with Gasteiger partial charge in [-0.05, 0) is 19.1 Å². The summed E-state index contributed by atoms with van der Waals surface area (Å²) in [6.45, 7) is 1.76. The van der Waals surface area contributed by atoms with Crippen LogP contribution in [0.25, 0.3) is 16.5 Å². The van der Waals surface area contributed by atoms with Gasteiger partial charge in [-0.1, -0.05) is 24.3 Å². The number of nitrogens with zero attached hydrogens (tertiary/aromatic N) is 1. The van der Waals surface area contributed by atoms with Crippen LogP contribution in [0.3, 0.4) is 0 Å². The molecule has 0 amide bonds. The lowest BCUT2D eigenvalue weighted by molar-refractivity contribution is 0.484. The van der Waals surface area contributed by atoms with Crippen LogP contribution in [0, 0.1) is 6.92 Å². The highest BCUT2D eigenvalue weighted by Gasteiger charge is 2.17. The minimum Gasteiger partial charge on any atom is -0.295 e. The number of hydrogen-bond donors (Lipinski definition) is 2. The van der Waals surface area contributed by atoms with Gasteiger partial charge in [0, 0.05) is 22.5 Å². The summed E-state index contributed by atoms with van der Waals surface area (Å²) in [5, 5.41) is 3.81. The summed E-state index contributed by atoms with van der Waals surface area (Å²) < 4.78 is 33.5. The molecule has 3 rings (SSSR count). The van der Waals surface area contributed by atoms with Crippen molar-refractivity contribution in [3.63, 3.8) is 0 Å².